The van der Waals surface area contributed by atoms with Crippen LogP contribution < -0.4 is 0 Å². The summed E-state index contributed by atoms with van der Waals surface area (Å²) in [4.78, 5) is 13.9. The summed E-state index contributed by atoms with van der Waals surface area (Å²) < 4.78 is 5.05. The molecule has 0 spiro atoms. The molecule has 0 aliphatic carbocycles. The Morgan fingerprint density at radius 2 is 2.00 bits per heavy atom. The van der Waals surface area contributed by atoms with Gasteiger partial charge >= 0.3 is 0 Å². The molecule has 1 amide bonds. The van der Waals surface area contributed by atoms with Crippen molar-refractivity contribution in [3.63, 3.8) is 0 Å². The first kappa shape index (κ1) is 15.7. The maximum atomic E-state index is 12.0. The molecule has 0 aliphatic rings. The first-order chi connectivity index (χ1) is 7.71. The van der Waals surface area contributed by atoms with Gasteiger partial charge in [0.25, 0.3) is 0 Å². The lowest BCUT2D eigenvalue weighted by molar-refractivity contribution is -0.134. The largest absolute Gasteiger partial charge is 0.383 e. The van der Waals surface area contributed by atoms with E-state index in [1.807, 2.05) is 4.90 Å². The molecule has 0 radical (unpaired) electrons. The second-order valence-corrected chi connectivity index (χ2v) is 4.22. The Morgan fingerprint density at radius 1 is 1.38 bits per heavy atom. The van der Waals surface area contributed by atoms with Crippen LogP contribution in [0, 0.1) is 0 Å². The lowest BCUT2D eigenvalue weighted by Gasteiger charge is -2.30. The smallest absolute Gasteiger partial charge is 0.222 e. The molecule has 0 unspecified atom stereocenters. The molecule has 0 aromatic carbocycles. The summed E-state index contributed by atoms with van der Waals surface area (Å²) in [5.41, 5.74) is 0. The van der Waals surface area contributed by atoms with E-state index >= 15 is 0 Å². The minimum absolute atomic E-state index is 0.200. The minimum atomic E-state index is 0.200. The number of methoxy groups -OCH3 is 1. The summed E-state index contributed by atoms with van der Waals surface area (Å²) in [5, 5.41) is 0. The summed E-state index contributed by atoms with van der Waals surface area (Å²) in [7, 11) is 1.66. The number of ether oxygens (including phenoxy) is 1. The van der Waals surface area contributed by atoms with Gasteiger partial charge in [0.2, 0.25) is 5.91 Å². The highest BCUT2D eigenvalue weighted by molar-refractivity contribution is 6.17. The maximum absolute atomic E-state index is 12.0. The van der Waals surface area contributed by atoms with Gasteiger partial charge in [-0.25, -0.2) is 0 Å². The Balaban J connectivity index is 4.32. The molecule has 0 saturated heterocycles. The second-order valence-electron chi connectivity index (χ2n) is 3.84. The van der Waals surface area contributed by atoms with Crippen LogP contribution in [0.2, 0.25) is 0 Å². The number of alkyl halides is 1. The molecule has 0 saturated carbocycles. The van der Waals surface area contributed by atoms with Gasteiger partial charge in [0, 0.05) is 32.0 Å². The molecule has 0 aromatic heterocycles. The van der Waals surface area contributed by atoms with Crippen LogP contribution in [0.4, 0.5) is 0 Å². The average molecular weight is 250 g/mol. The predicted molar refractivity (Wildman–Crippen MR) is 67.9 cm³/mol. The van der Waals surface area contributed by atoms with E-state index in [2.05, 4.69) is 13.8 Å². The van der Waals surface area contributed by atoms with Crippen molar-refractivity contribution in [1.82, 2.24) is 4.90 Å². The van der Waals surface area contributed by atoms with Crippen molar-refractivity contribution in [3.05, 3.63) is 0 Å². The van der Waals surface area contributed by atoms with Crippen molar-refractivity contribution >= 4 is 17.5 Å². The predicted octanol–water partition coefficient (Wildman–Crippen LogP) is 2.67. The summed E-state index contributed by atoms with van der Waals surface area (Å²) >= 11 is 5.61. The Kier molecular flexibility index (Phi) is 9.74. The number of carbonyl (C=O) groups excluding carboxylic acids is 1. The van der Waals surface area contributed by atoms with E-state index in [0.717, 1.165) is 19.3 Å². The molecule has 0 bridgehead atoms. The van der Waals surface area contributed by atoms with Gasteiger partial charge in [-0.05, 0) is 19.3 Å². The molecule has 3 nitrogen and oxygen atoms in total. The molecule has 0 fully saturated rings. The summed E-state index contributed by atoms with van der Waals surface area (Å²) in [6.07, 6.45) is 3.29. The first-order valence-corrected chi connectivity index (χ1v) is 6.59. The first-order valence-electron chi connectivity index (χ1n) is 6.05. The maximum Gasteiger partial charge on any atom is 0.222 e. The Labute approximate surface area is 104 Å². The van der Waals surface area contributed by atoms with E-state index in [1.54, 1.807) is 7.11 Å². The number of amides is 1. The van der Waals surface area contributed by atoms with Crippen LogP contribution in [-0.4, -0.2) is 43.0 Å². The van der Waals surface area contributed by atoms with E-state index in [9.17, 15) is 4.79 Å². The van der Waals surface area contributed by atoms with Gasteiger partial charge in [-0.3, -0.25) is 4.79 Å². The standard InChI is InChI=1S/C12H24ClNO2/c1-4-11(5-2)14(9-10-16-3)12(15)7-6-8-13/h11H,4-10H2,1-3H3. The number of halogens is 1. The van der Waals surface area contributed by atoms with Crippen molar-refractivity contribution < 1.29 is 9.53 Å². The zero-order valence-electron chi connectivity index (χ0n) is 10.7. The van der Waals surface area contributed by atoms with Gasteiger partial charge in [-0.15, -0.1) is 11.6 Å². The van der Waals surface area contributed by atoms with Crippen molar-refractivity contribution in [2.45, 2.75) is 45.6 Å². The van der Waals surface area contributed by atoms with Gasteiger partial charge in [-0.1, -0.05) is 13.8 Å². The molecule has 0 heterocycles. The highest BCUT2D eigenvalue weighted by Crippen LogP contribution is 2.11. The summed E-state index contributed by atoms with van der Waals surface area (Å²) in [5.74, 6) is 0.749. The van der Waals surface area contributed by atoms with Gasteiger partial charge in [0.1, 0.15) is 0 Å². The molecule has 0 atom stereocenters. The number of nitrogens with zero attached hydrogens (tertiary/aromatic N) is 1. The third-order valence-electron chi connectivity index (χ3n) is 2.76. The van der Waals surface area contributed by atoms with Crippen LogP contribution in [-0.2, 0) is 9.53 Å². The summed E-state index contributed by atoms with van der Waals surface area (Å²) in [6.45, 7) is 5.51. The van der Waals surface area contributed by atoms with Gasteiger partial charge < -0.3 is 9.64 Å². The van der Waals surface area contributed by atoms with Crippen molar-refractivity contribution in [2.75, 3.05) is 26.1 Å². The third kappa shape index (κ3) is 5.71. The normalized spacial score (nSPS) is 10.8. The lowest BCUT2D eigenvalue weighted by atomic mass is 10.1. The van der Waals surface area contributed by atoms with Crippen LogP contribution in [0.5, 0.6) is 0 Å². The van der Waals surface area contributed by atoms with E-state index in [-0.39, 0.29) is 5.91 Å². The number of hydrogen-bond donors (Lipinski definition) is 0. The fraction of sp³-hybridized carbons (Fsp3) is 0.917. The van der Waals surface area contributed by atoms with E-state index in [0.29, 0.717) is 31.5 Å². The van der Waals surface area contributed by atoms with Crippen molar-refractivity contribution in [3.8, 4) is 0 Å². The lowest BCUT2D eigenvalue weighted by Crippen LogP contribution is -2.41. The molecule has 0 N–H and O–H groups in total. The Hall–Kier alpha value is -0.280. The van der Waals surface area contributed by atoms with E-state index < -0.39 is 0 Å². The molecule has 4 heteroatoms. The zero-order chi connectivity index (χ0) is 12.4. The van der Waals surface area contributed by atoms with Crippen LogP contribution in [0.1, 0.15) is 39.5 Å². The van der Waals surface area contributed by atoms with Gasteiger partial charge in [0.15, 0.2) is 0 Å². The van der Waals surface area contributed by atoms with Crippen LogP contribution >= 0.6 is 11.6 Å². The average Bonchev–Trinajstić information content (AvgIpc) is 2.31. The van der Waals surface area contributed by atoms with Gasteiger partial charge in [0.05, 0.1) is 6.61 Å². The fourth-order valence-electron chi connectivity index (χ4n) is 1.79. The van der Waals surface area contributed by atoms with Crippen molar-refractivity contribution in [1.29, 1.82) is 0 Å². The molecule has 0 aliphatic heterocycles. The Bertz CT molecular complexity index is 184. The van der Waals surface area contributed by atoms with E-state index in [1.165, 1.54) is 0 Å². The second kappa shape index (κ2) is 9.91. The monoisotopic (exact) mass is 249 g/mol. The number of carbonyl (C=O) groups is 1. The molecule has 0 aromatic rings. The third-order valence-corrected chi connectivity index (χ3v) is 3.03. The highest BCUT2D eigenvalue weighted by atomic mass is 35.5. The molecule has 0 rings (SSSR count). The summed E-state index contributed by atoms with van der Waals surface area (Å²) in [6, 6.07) is 0.331. The number of hydrogen-bond acceptors (Lipinski definition) is 2. The fourth-order valence-corrected chi connectivity index (χ4v) is 1.93. The zero-order valence-corrected chi connectivity index (χ0v) is 11.4. The highest BCUT2D eigenvalue weighted by Gasteiger charge is 2.19. The van der Waals surface area contributed by atoms with Crippen LogP contribution in [0.3, 0.4) is 0 Å². The molecular formula is C12H24ClNO2. The van der Waals surface area contributed by atoms with Gasteiger partial charge in [-0.2, -0.15) is 0 Å². The topological polar surface area (TPSA) is 29.5 Å². The molecule has 16 heavy (non-hydrogen) atoms. The SMILES string of the molecule is CCC(CC)N(CCOC)C(=O)CCCCl. The van der Waals surface area contributed by atoms with Crippen LogP contribution in [0.15, 0.2) is 0 Å². The number of rotatable bonds is 9. The van der Waals surface area contributed by atoms with Crippen molar-refractivity contribution in [2.24, 2.45) is 0 Å². The quantitative estimate of drug-likeness (QED) is 0.588. The molecular weight excluding hydrogens is 226 g/mol. The van der Waals surface area contributed by atoms with E-state index in [4.69, 9.17) is 16.3 Å². The minimum Gasteiger partial charge on any atom is -0.383 e. The Morgan fingerprint density at radius 3 is 2.44 bits per heavy atom. The van der Waals surface area contributed by atoms with Crippen LogP contribution in [0.25, 0.3) is 0 Å². The molecule has 96 valence electrons.